The molecule has 1 N–H and O–H groups in total. The monoisotopic (exact) mass is 406 g/mol. The van der Waals surface area contributed by atoms with E-state index in [4.69, 9.17) is 0 Å². The van der Waals surface area contributed by atoms with Crippen LogP contribution < -0.4 is 5.32 Å². The quantitative estimate of drug-likeness (QED) is 0.754. The zero-order chi connectivity index (χ0) is 20.0. The van der Waals surface area contributed by atoms with Gasteiger partial charge in [-0.2, -0.15) is 0 Å². The number of nitrogens with one attached hydrogen (secondary N) is 1. The molecular formula is C22H34N2O3S. The summed E-state index contributed by atoms with van der Waals surface area (Å²) < 4.78 is 26.6. The highest BCUT2D eigenvalue weighted by Crippen LogP contribution is 2.36. The minimum absolute atomic E-state index is 0.145. The Morgan fingerprint density at radius 2 is 1.75 bits per heavy atom. The molecule has 2 aliphatic rings. The number of hydrogen-bond donors (Lipinski definition) is 1. The highest BCUT2D eigenvalue weighted by Gasteiger charge is 2.39. The van der Waals surface area contributed by atoms with Crippen molar-refractivity contribution in [2.45, 2.75) is 63.7 Å². The second kappa shape index (κ2) is 9.40. The van der Waals surface area contributed by atoms with Crippen molar-refractivity contribution in [1.82, 2.24) is 9.62 Å². The van der Waals surface area contributed by atoms with Crippen LogP contribution in [0.5, 0.6) is 0 Å². The Labute approximate surface area is 169 Å². The third kappa shape index (κ3) is 4.95. The number of rotatable bonds is 7. The van der Waals surface area contributed by atoms with Gasteiger partial charge in [-0.05, 0) is 37.7 Å². The van der Waals surface area contributed by atoms with Gasteiger partial charge in [-0.1, -0.05) is 56.5 Å². The third-order valence-corrected chi connectivity index (χ3v) is 8.57. The van der Waals surface area contributed by atoms with E-state index in [0.717, 1.165) is 38.5 Å². The molecule has 28 heavy (non-hydrogen) atoms. The lowest BCUT2D eigenvalue weighted by Gasteiger charge is -2.42. The molecule has 6 heteroatoms. The van der Waals surface area contributed by atoms with Crippen LogP contribution in [0.2, 0.25) is 0 Å². The van der Waals surface area contributed by atoms with Gasteiger partial charge >= 0.3 is 0 Å². The topological polar surface area (TPSA) is 66.5 Å². The normalized spacial score (nSPS) is 21.3. The molecule has 1 saturated carbocycles. The first-order valence-corrected chi connectivity index (χ1v) is 12.4. The van der Waals surface area contributed by atoms with Crippen LogP contribution in [0.25, 0.3) is 0 Å². The Bertz CT molecular complexity index is 734. The summed E-state index contributed by atoms with van der Waals surface area (Å²) in [6, 6.07) is 10.3. The summed E-state index contributed by atoms with van der Waals surface area (Å²) in [4.78, 5) is 12.7. The Morgan fingerprint density at radius 3 is 2.36 bits per heavy atom. The number of carbonyl (C=O) groups excluding carboxylic acids is 1. The molecule has 1 aromatic carbocycles. The second-order valence-corrected chi connectivity index (χ2v) is 10.5. The van der Waals surface area contributed by atoms with Crippen LogP contribution in [-0.2, 0) is 20.2 Å². The predicted octanol–water partition coefficient (Wildman–Crippen LogP) is 3.46. The lowest BCUT2D eigenvalue weighted by atomic mass is 9.73. The first kappa shape index (κ1) is 21.3. The molecule has 0 radical (unpaired) electrons. The molecule has 1 amide bonds. The standard InChI is InChI=1S/C22H34N2O3S/c1-2-17-28(26,27)24-15-13-22(14-16-24,20-11-7-4-8-12-20)18-23-21(25)19-9-5-3-6-10-19/h4,7-8,11-12,19H,2-3,5-6,9-10,13-18H2,1H3,(H,23,25). The molecule has 156 valence electrons. The van der Waals surface area contributed by atoms with Gasteiger partial charge in [0.1, 0.15) is 0 Å². The number of benzene rings is 1. The summed E-state index contributed by atoms with van der Waals surface area (Å²) in [6.45, 7) is 3.54. The molecule has 1 aromatic rings. The largest absolute Gasteiger partial charge is 0.355 e. The van der Waals surface area contributed by atoms with Crippen molar-refractivity contribution in [2.75, 3.05) is 25.4 Å². The summed E-state index contributed by atoms with van der Waals surface area (Å²) in [5, 5.41) is 3.23. The summed E-state index contributed by atoms with van der Waals surface area (Å²) in [7, 11) is -3.17. The number of piperidine rings is 1. The highest BCUT2D eigenvalue weighted by atomic mass is 32.2. The second-order valence-electron chi connectivity index (χ2n) is 8.41. The number of sulfonamides is 1. The maximum atomic E-state index is 12.7. The van der Waals surface area contributed by atoms with Crippen molar-refractivity contribution in [1.29, 1.82) is 0 Å². The first-order chi connectivity index (χ1) is 13.5. The number of hydrogen-bond acceptors (Lipinski definition) is 3. The highest BCUT2D eigenvalue weighted by molar-refractivity contribution is 7.89. The average Bonchev–Trinajstić information content (AvgIpc) is 2.73. The lowest BCUT2D eigenvalue weighted by Crippen LogP contribution is -2.51. The summed E-state index contributed by atoms with van der Waals surface area (Å²) in [5.41, 5.74) is 1.01. The SMILES string of the molecule is CCCS(=O)(=O)N1CCC(CNC(=O)C2CCCCC2)(c2ccccc2)CC1. The molecular weight excluding hydrogens is 372 g/mol. The zero-order valence-corrected chi connectivity index (χ0v) is 17.8. The van der Waals surface area contributed by atoms with Gasteiger partial charge in [-0.3, -0.25) is 4.79 Å². The Kier molecular flexibility index (Phi) is 7.15. The fraction of sp³-hybridized carbons (Fsp3) is 0.682. The molecule has 2 fully saturated rings. The molecule has 1 aliphatic heterocycles. The van der Waals surface area contributed by atoms with Crippen molar-refractivity contribution in [3.63, 3.8) is 0 Å². The maximum Gasteiger partial charge on any atom is 0.223 e. The summed E-state index contributed by atoms with van der Waals surface area (Å²) in [6.07, 6.45) is 7.63. The van der Waals surface area contributed by atoms with Crippen LogP contribution in [0.3, 0.4) is 0 Å². The van der Waals surface area contributed by atoms with E-state index in [2.05, 4.69) is 17.4 Å². The molecule has 0 bridgehead atoms. The molecule has 0 unspecified atom stereocenters. The Hall–Kier alpha value is -1.40. The van der Waals surface area contributed by atoms with Gasteiger partial charge in [-0.25, -0.2) is 12.7 Å². The van der Waals surface area contributed by atoms with Crippen molar-refractivity contribution < 1.29 is 13.2 Å². The van der Waals surface area contributed by atoms with E-state index in [1.807, 2.05) is 25.1 Å². The van der Waals surface area contributed by atoms with Crippen molar-refractivity contribution in [3.05, 3.63) is 35.9 Å². The van der Waals surface area contributed by atoms with Crippen LogP contribution in [-0.4, -0.2) is 44.0 Å². The molecule has 5 nitrogen and oxygen atoms in total. The first-order valence-electron chi connectivity index (χ1n) is 10.8. The molecule has 0 aromatic heterocycles. The number of nitrogens with zero attached hydrogens (tertiary/aromatic N) is 1. The number of amides is 1. The molecule has 0 spiro atoms. The predicted molar refractivity (Wildman–Crippen MR) is 113 cm³/mol. The van der Waals surface area contributed by atoms with E-state index in [0.29, 0.717) is 26.1 Å². The van der Waals surface area contributed by atoms with E-state index < -0.39 is 10.0 Å². The smallest absolute Gasteiger partial charge is 0.223 e. The van der Waals surface area contributed by atoms with Crippen LogP contribution in [0.4, 0.5) is 0 Å². The zero-order valence-electron chi connectivity index (χ0n) is 17.0. The van der Waals surface area contributed by atoms with Gasteiger partial charge in [0.2, 0.25) is 15.9 Å². The van der Waals surface area contributed by atoms with Crippen LogP contribution in [0.15, 0.2) is 30.3 Å². The number of carbonyl (C=O) groups is 1. The van der Waals surface area contributed by atoms with Gasteiger partial charge in [0.05, 0.1) is 5.75 Å². The van der Waals surface area contributed by atoms with Gasteiger partial charge in [0.25, 0.3) is 0 Å². The van der Waals surface area contributed by atoms with E-state index in [9.17, 15) is 13.2 Å². The maximum absolute atomic E-state index is 12.7. The molecule has 1 saturated heterocycles. The van der Waals surface area contributed by atoms with Crippen LogP contribution in [0, 0.1) is 5.92 Å². The lowest BCUT2D eigenvalue weighted by molar-refractivity contribution is -0.126. The van der Waals surface area contributed by atoms with Gasteiger partial charge in [0.15, 0.2) is 0 Å². The van der Waals surface area contributed by atoms with E-state index in [1.165, 1.54) is 12.0 Å². The molecule has 1 aliphatic carbocycles. The van der Waals surface area contributed by atoms with Crippen molar-refractivity contribution in [3.8, 4) is 0 Å². The minimum Gasteiger partial charge on any atom is -0.355 e. The fourth-order valence-corrected chi connectivity index (χ4v) is 6.22. The van der Waals surface area contributed by atoms with Crippen molar-refractivity contribution in [2.24, 2.45) is 5.92 Å². The van der Waals surface area contributed by atoms with Crippen molar-refractivity contribution >= 4 is 15.9 Å². The van der Waals surface area contributed by atoms with E-state index in [1.54, 1.807) is 4.31 Å². The Balaban J connectivity index is 1.71. The van der Waals surface area contributed by atoms with Gasteiger partial charge in [-0.15, -0.1) is 0 Å². The molecule has 1 heterocycles. The average molecular weight is 407 g/mol. The summed E-state index contributed by atoms with van der Waals surface area (Å²) in [5.74, 6) is 0.534. The van der Waals surface area contributed by atoms with Crippen LogP contribution in [0.1, 0.15) is 63.9 Å². The minimum atomic E-state index is -3.17. The fourth-order valence-electron chi connectivity index (χ4n) is 4.70. The van der Waals surface area contributed by atoms with E-state index >= 15 is 0 Å². The molecule has 0 atom stereocenters. The van der Waals surface area contributed by atoms with E-state index in [-0.39, 0.29) is 23.0 Å². The molecule has 3 rings (SSSR count). The Morgan fingerprint density at radius 1 is 1.11 bits per heavy atom. The van der Waals surface area contributed by atoms with Gasteiger partial charge in [0, 0.05) is 31.0 Å². The third-order valence-electron chi connectivity index (χ3n) is 6.50. The van der Waals surface area contributed by atoms with Crippen LogP contribution >= 0.6 is 0 Å². The summed E-state index contributed by atoms with van der Waals surface area (Å²) >= 11 is 0. The van der Waals surface area contributed by atoms with Gasteiger partial charge < -0.3 is 5.32 Å².